The van der Waals surface area contributed by atoms with Gasteiger partial charge in [-0.3, -0.25) is 0 Å². The van der Waals surface area contributed by atoms with Gasteiger partial charge in [0.2, 0.25) is 0 Å². The summed E-state index contributed by atoms with van der Waals surface area (Å²) < 4.78 is 4.97. The highest BCUT2D eigenvalue weighted by Gasteiger charge is 2.21. The average molecular weight is 243 g/mol. The Labute approximate surface area is 102 Å². The highest BCUT2D eigenvalue weighted by atomic mass is 35.5. The van der Waals surface area contributed by atoms with Crippen molar-refractivity contribution >= 4 is 11.6 Å². The van der Waals surface area contributed by atoms with Crippen LogP contribution < -0.4 is 0 Å². The Morgan fingerprint density at radius 2 is 2.12 bits per heavy atom. The molecule has 0 spiro atoms. The second-order valence-corrected chi connectivity index (χ2v) is 4.92. The molecule has 1 aromatic carbocycles. The molecular weight excluding hydrogens is 224 g/mol. The fourth-order valence-corrected chi connectivity index (χ4v) is 1.92. The maximum Gasteiger partial charge on any atom is 0.0682 e. The Kier molecular flexibility index (Phi) is 4.78. The molecule has 0 saturated carbocycles. The van der Waals surface area contributed by atoms with Crippen LogP contribution >= 0.6 is 11.6 Å². The highest BCUT2D eigenvalue weighted by molar-refractivity contribution is 6.31. The van der Waals surface area contributed by atoms with Crippen LogP contribution in [0.2, 0.25) is 5.02 Å². The summed E-state index contributed by atoms with van der Waals surface area (Å²) in [5.74, 6) is 0. The van der Waals surface area contributed by atoms with E-state index in [0.717, 1.165) is 16.1 Å². The number of ether oxygens (including phenoxy) is 1. The van der Waals surface area contributed by atoms with Gasteiger partial charge in [-0.2, -0.15) is 0 Å². The normalized spacial score (nSPS) is 14.8. The molecule has 0 aromatic heterocycles. The third-order valence-electron chi connectivity index (χ3n) is 2.62. The zero-order valence-corrected chi connectivity index (χ0v) is 10.8. The lowest BCUT2D eigenvalue weighted by atomic mass is 9.93. The molecule has 2 nitrogen and oxygen atoms in total. The standard InChI is InChI=1S/C13H19ClO2/c1-10-4-5-11(12(14)8-10)9-13(2,15)6-7-16-3/h4-5,8,15H,6-7,9H2,1-3H3. The van der Waals surface area contributed by atoms with Crippen LogP contribution in [0, 0.1) is 6.92 Å². The van der Waals surface area contributed by atoms with Gasteiger partial charge in [0.05, 0.1) is 5.60 Å². The number of aryl methyl sites for hydroxylation is 1. The Hall–Kier alpha value is -0.570. The van der Waals surface area contributed by atoms with E-state index in [1.165, 1.54) is 0 Å². The van der Waals surface area contributed by atoms with E-state index in [0.29, 0.717) is 19.4 Å². The van der Waals surface area contributed by atoms with Gasteiger partial charge in [0.15, 0.2) is 0 Å². The van der Waals surface area contributed by atoms with Crippen molar-refractivity contribution in [3.05, 3.63) is 34.3 Å². The summed E-state index contributed by atoms with van der Waals surface area (Å²) in [5, 5.41) is 10.9. The van der Waals surface area contributed by atoms with Crippen LogP contribution in [0.1, 0.15) is 24.5 Å². The SMILES string of the molecule is COCCC(C)(O)Cc1ccc(C)cc1Cl. The van der Waals surface area contributed by atoms with E-state index in [1.54, 1.807) is 7.11 Å². The van der Waals surface area contributed by atoms with Crippen LogP contribution in [0.15, 0.2) is 18.2 Å². The molecule has 0 amide bonds. The first kappa shape index (κ1) is 13.5. The van der Waals surface area contributed by atoms with Gasteiger partial charge in [-0.15, -0.1) is 0 Å². The Morgan fingerprint density at radius 3 is 2.69 bits per heavy atom. The molecule has 0 saturated heterocycles. The van der Waals surface area contributed by atoms with Gasteiger partial charge in [0.1, 0.15) is 0 Å². The lowest BCUT2D eigenvalue weighted by Gasteiger charge is -2.23. The van der Waals surface area contributed by atoms with E-state index in [9.17, 15) is 5.11 Å². The largest absolute Gasteiger partial charge is 0.390 e. The van der Waals surface area contributed by atoms with Crippen molar-refractivity contribution in [3.63, 3.8) is 0 Å². The summed E-state index contributed by atoms with van der Waals surface area (Å²) in [6.07, 6.45) is 1.16. The molecule has 0 fully saturated rings. The van der Waals surface area contributed by atoms with Crippen molar-refractivity contribution in [2.45, 2.75) is 32.3 Å². The second kappa shape index (κ2) is 5.67. The van der Waals surface area contributed by atoms with Gasteiger partial charge < -0.3 is 9.84 Å². The molecule has 1 atom stereocenters. The van der Waals surface area contributed by atoms with E-state index in [1.807, 2.05) is 32.0 Å². The fourth-order valence-electron chi connectivity index (χ4n) is 1.62. The van der Waals surface area contributed by atoms with Gasteiger partial charge in [0, 0.05) is 25.2 Å². The molecule has 3 heteroatoms. The van der Waals surface area contributed by atoms with E-state index in [-0.39, 0.29) is 0 Å². The zero-order valence-electron chi connectivity index (χ0n) is 10.1. The molecule has 1 aromatic rings. The smallest absolute Gasteiger partial charge is 0.0682 e. The summed E-state index contributed by atoms with van der Waals surface area (Å²) in [7, 11) is 1.63. The first-order valence-corrected chi connectivity index (χ1v) is 5.79. The number of methoxy groups -OCH3 is 1. The van der Waals surface area contributed by atoms with E-state index >= 15 is 0 Å². The first-order valence-electron chi connectivity index (χ1n) is 5.41. The predicted molar refractivity (Wildman–Crippen MR) is 67.0 cm³/mol. The van der Waals surface area contributed by atoms with Crippen LogP contribution in [-0.2, 0) is 11.2 Å². The molecule has 0 radical (unpaired) electrons. The van der Waals surface area contributed by atoms with Crippen LogP contribution in [-0.4, -0.2) is 24.4 Å². The van der Waals surface area contributed by atoms with Crippen molar-refractivity contribution in [1.29, 1.82) is 0 Å². The summed E-state index contributed by atoms with van der Waals surface area (Å²) in [5.41, 5.74) is 1.34. The van der Waals surface area contributed by atoms with E-state index in [2.05, 4.69) is 0 Å². The number of hydrogen-bond acceptors (Lipinski definition) is 2. The lowest BCUT2D eigenvalue weighted by molar-refractivity contribution is 0.0249. The van der Waals surface area contributed by atoms with Crippen LogP contribution in [0.3, 0.4) is 0 Å². The minimum Gasteiger partial charge on any atom is -0.390 e. The van der Waals surface area contributed by atoms with Gasteiger partial charge in [-0.25, -0.2) is 0 Å². The maximum atomic E-state index is 10.2. The van der Waals surface area contributed by atoms with Crippen molar-refractivity contribution in [2.75, 3.05) is 13.7 Å². The molecule has 0 aliphatic heterocycles. The fraction of sp³-hybridized carbons (Fsp3) is 0.538. The van der Waals surface area contributed by atoms with Crippen LogP contribution in [0.4, 0.5) is 0 Å². The number of benzene rings is 1. The third-order valence-corrected chi connectivity index (χ3v) is 2.98. The molecule has 0 bridgehead atoms. The molecule has 90 valence electrons. The van der Waals surface area contributed by atoms with Crippen molar-refractivity contribution in [2.24, 2.45) is 0 Å². The van der Waals surface area contributed by atoms with E-state index < -0.39 is 5.60 Å². The van der Waals surface area contributed by atoms with Crippen LogP contribution in [0.25, 0.3) is 0 Å². The minimum absolute atomic E-state index is 0.551. The van der Waals surface area contributed by atoms with Gasteiger partial charge in [-0.1, -0.05) is 23.7 Å². The van der Waals surface area contributed by atoms with Gasteiger partial charge in [-0.05, 0) is 37.5 Å². The molecule has 0 aliphatic carbocycles. The van der Waals surface area contributed by atoms with Crippen molar-refractivity contribution in [3.8, 4) is 0 Å². The quantitative estimate of drug-likeness (QED) is 0.860. The highest BCUT2D eigenvalue weighted by Crippen LogP contribution is 2.24. The molecule has 1 N–H and O–H groups in total. The summed E-state index contributed by atoms with van der Waals surface area (Å²) >= 11 is 6.13. The molecule has 0 heterocycles. The molecule has 1 unspecified atom stereocenters. The molecular formula is C13H19ClO2. The summed E-state index contributed by atoms with van der Waals surface area (Å²) in [6, 6.07) is 5.90. The van der Waals surface area contributed by atoms with E-state index in [4.69, 9.17) is 16.3 Å². The summed E-state index contributed by atoms with van der Waals surface area (Å²) in [6.45, 7) is 4.36. The maximum absolute atomic E-state index is 10.2. The number of rotatable bonds is 5. The second-order valence-electron chi connectivity index (χ2n) is 4.51. The number of halogens is 1. The minimum atomic E-state index is -0.769. The lowest BCUT2D eigenvalue weighted by Crippen LogP contribution is -2.28. The summed E-state index contributed by atoms with van der Waals surface area (Å²) in [4.78, 5) is 0. The van der Waals surface area contributed by atoms with Crippen LogP contribution in [0.5, 0.6) is 0 Å². The van der Waals surface area contributed by atoms with Gasteiger partial charge in [0.25, 0.3) is 0 Å². The molecule has 1 rings (SSSR count). The first-order chi connectivity index (χ1) is 7.44. The molecule has 0 aliphatic rings. The van der Waals surface area contributed by atoms with Gasteiger partial charge >= 0.3 is 0 Å². The van der Waals surface area contributed by atoms with Crippen molar-refractivity contribution in [1.82, 2.24) is 0 Å². The Balaban J connectivity index is 2.71. The average Bonchev–Trinajstić information content (AvgIpc) is 2.19. The predicted octanol–water partition coefficient (Wildman–Crippen LogP) is 2.98. The topological polar surface area (TPSA) is 29.5 Å². The molecule has 16 heavy (non-hydrogen) atoms. The number of hydrogen-bond donors (Lipinski definition) is 1. The third kappa shape index (κ3) is 4.12. The van der Waals surface area contributed by atoms with Crippen molar-refractivity contribution < 1.29 is 9.84 Å². The number of aliphatic hydroxyl groups is 1. The Morgan fingerprint density at radius 1 is 1.44 bits per heavy atom. The monoisotopic (exact) mass is 242 g/mol. The zero-order chi connectivity index (χ0) is 12.2. The Bertz CT molecular complexity index is 348.